The third-order valence-electron chi connectivity index (χ3n) is 5.52. The van der Waals surface area contributed by atoms with E-state index in [1.165, 1.54) is 11.0 Å². The lowest BCUT2D eigenvalue weighted by Gasteiger charge is -2.31. The zero-order chi connectivity index (χ0) is 22.5. The topological polar surface area (TPSA) is 99.4 Å². The van der Waals surface area contributed by atoms with E-state index in [0.717, 1.165) is 24.0 Å². The first-order chi connectivity index (χ1) is 15.6. The van der Waals surface area contributed by atoms with Gasteiger partial charge in [-0.15, -0.1) is 5.10 Å². The number of hydrogen-bond acceptors (Lipinski definition) is 7. The number of tetrazole rings is 1. The molecule has 166 valence electrons. The minimum Gasteiger partial charge on any atom is -0.496 e. The highest BCUT2D eigenvalue weighted by Crippen LogP contribution is 2.32. The third-order valence-corrected chi connectivity index (χ3v) is 5.52. The lowest BCUT2D eigenvalue weighted by Crippen LogP contribution is -2.42. The second-order valence-corrected chi connectivity index (χ2v) is 7.57. The van der Waals surface area contributed by atoms with E-state index in [-0.39, 0.29) is 17.8 Å². The number of methoxy groups -OCH3 is 1. The van der Waals surface area contributed by atoms with E-state index in [2.05, 4.69) is 15.5 Å². The van der Waals surface area contributed by atoms with E-state index in [1.807, 2.05) is 36.4 Å². The summed E-state index contributed by atoms with van der Waals surface area (Å²) in [6.07, 6.45) is 2.95. The average molecular weight is 435 g/mol. The standard InChI is InChI=1S/C23H25N5O4/c1-3-32-23(30)16-7-6-10-27(14-16)22(29)18-11-17(20-8-4-5-9-21(20)31-2)12-19(13-18)28-15-24-25-26-28/h4-5,8-9,11-13,15-16H,3,6-7,10,14H2,1-2H3. The maximum absolute atomic E-state index is 13.5. The summed E-state index contributed by atoms with van der Waals surface area (Å²) in [4.78, 5) is 27.4. The fourth-order valence-electron chi connectivity index (χ4n) is 3.98. The van der Waals surface area contributed by atoms with E-state index in [0.29, 0.717) is 36.7 Å². The Morgan fingerprint density at radius 1 is 1.19 bits per heavy atom. The molecule has 9 nitrogen and oxygen atoms in total. The highest BCUT2D eigenvalue weighted by atomic mass is 16.5. The average Bonchev–Trinajstić information content (AvgIpc) is 3.38. The summed E-state index contributed by atoms with van der Waals surface area (Å²) in [5, 5.41) is 11.4. The molecule has 0 spiro atoms. The van der Waals surface area contributed by atoms with Crippen molar-refractivity contribution >= 4 is 11.9 Å². The number of benzene rings is 2. The molecule has 2 aromatic carbocycles. The molecule has 0 N–H and O–H groups in total. The molecule has 0 saturated carbocycles. The molecule has 3 aromatic rings. The van der Waals surface area contributed by atoms with Crippen LogP contribution in [0.15, 0.2) is 48.8 Å². The second-order valence-electron chi connectivity index (χ2n) is 7.57. The summed E-state index contributed by atoms with van der Waals surface area (Å²) in [5.41, 5.74) is 2.80. The first-order valence-corrected chi connectivity index (χ1v) is 10.6. The first-order valence-electron chi connectivity index (χ1n) is 10.6. The minimum atomic E-state index is -0.302. The molecule has 4 rings (SSSR count). The number of carbonyl (C=O) groups is 2. The summed E-state index contributed by atoms with van der Waals surface area (Å²) < 4.78 is 12.2. The van der Waals surface area contributed by atoms with Crippen molar-refractivity contribution < 1.29 is 19.1 Å². The van der Waals surface area contributed by atoms with Crippen molar-refractivity contribution in [3.63, 3.8) is 0 Å². The van der Waals surface area contributed by atoms with Crippen LogP contribution in [0, 0.1) is 5.92 Å². The molecule has 0 bridgehead atoms. The van der Waals surface area contributed by atoms with Gasteiger partial charge in [-0.2, -0.15) is 0 Å². The fourth-order valence-corrected chi connectivity index (χ4v) is 3.98. The van der Waals surface area contributed by atoms with Crippen LogP contribution in [-0.4, -0.2) is 63.8 Å². The highest BCUT2D eigenvalue weighted by Gasteiger charge is 2.30. The van der Waals surface area contributed by atoms with E-state index < -0.39 is 0 Å². The molecule has 1 unspecified atom stereocenters. The number of piperidine rings is 1. The number of carbonyl (C=O) groups excluding carboxylic acids is 2. The monoisotopic (exact) mass is 435 g/mol. The molecule has 1 amide bonds. The van der Waals surface area contributed by atoms with Crippen LogP contribution >= 0.6 is 0 Å². The number of para-hydroxylation sites is 1. The van der Waals surface area contributed by atoms with Gasteiger partial charge in [0.2, 0.25) is 0 Å². The molecule has 1 aromatic heterocycles. The molecule has 9 heteroatoms. The van der Waals surface area contributed by atoms with Gasteiger partial charge in [-0.25, -0.2) is 4.68 Å². The van der Waals surface area contributed by atoms with Crippen LogP contribution in [0.3, 0.4) is 0 Å². The smallest absolute Gasteiger partial charge is 0.310 e. The molecule has 1 atom stereocenters. The van der Waals surface area contributed by atoms with Crippen molar-refractivity contribution in [1.29, 1.82) is 0 Å². The zero-order valence-corrected chi connectivity index (χ0v) is 18.1. The van der Waals surface area contributed by atoms with Gasteiger partial charge in [-0.1, -0.05) is 18.2 Å². The van der Waals surface area contributed by atoms with Gasteiger partial charge in [0.25, 0.3) is 5.91 Å². The molecular formula is C23H25N5O4. The number of amides is 1. The Morgan fingerprint density at radius 3 is 2.78 bits per heavy atom. The van der Waals surface area contributed by atoms with Crippen LogP contribution < -0.4 is 4.74 Å². The number of aromatic nitrogens is 4. The third kappa shape index (κ3) is 4.46. The fraction of sp³-hybridized carbons (Fsp3) is 0.348. The van der Waals surface area contributed by atoms with Gasteiger partial charge in [0.05, 0.1) is 25.3 Å². The van der Waals surface area contributed by atoms with Gasteiger partial charge in [-0.3, -0.25) is 9.59 Å². The Morgan fingerprint density at radius 2 is 2.03 bits per heavy atom. The molecule has 0 radical (unpaired) electrons. The summed E-state index contributed by atoms with van der Waals surface area (Å²) in [7, 11) is 1.61. The van der Waals surface area contributed by atoms with Crippen LogP contribution in [0.5, 0.6) is 5.75 Å². The number of ether oxygens (including phenoxy) is 2. The molecule has 1 fully saturated rings. The summed E-state index contributed by atoms with van der Waals surface area (Å²) >= 11 is 0. The van der Waals surface area contributed by atoms with Gasteiger partial charge in [-0.05, 0) is 60.0 Å². The number of hydrogen-bond donors (Lipinski definition) is 0. The predicted molar refractivity (Wildman–Crippen MR) is 116 cm³/mol. The summed E-state index contributed by atoms with van der Waals surface area (Å²) in [5.74, 6) is -0.00336. The van der Waals surface area contributed by atoms with Crippen molar-refractivity contribution in [1.82, 2.24) is 25.1 Å². The van der Waals surface area contributed by atoms with Crippen molar-refractivity contribution in [2.75, 3.05) is 26.8 Å². The Balaban J connectivity index is 1.71. The van der Waals surface area contributed by atoms with E-state index in [4.69, 9.17) is 9.47 Å². The Kier molecular flexibility index (Phi) is 6.44. The maximum Gasteiger partial charge on any atom is 0.310 e. The summed E-state index contributed by atoms with van der Waals surface area (Å²) in [6, 6.07) is 13.1. The Hall–Kier alpha value is -3.75. The van der Waals surface area contributed by atoms with E-state index in [9.17, 15) is 9.59 Å². The van der Waals surface area contributed by atoms with Crippen molar-refractivity contribution in [3.8, 4) is 22.6 Å². The van der Waals surface area contributed by atoms with E-state index in [1.54, 1.807) is 25.0 Å². The van der Waals surface area contributed by atoms with Crippen LogP contribution in [0.4, 0.5) is 0 Å². The van der Waals surface area contributed by atoms with Gasteiger partial charge in [0.1, 0.15) is 12.1 Å². The van der Waals surface area contributed by atoms with Gasteiger partial charge >= 0.3 is 5.97 Å². The van der Waals surface area contributed by atoms with Crippen LogP contribution in [0.1, 0.15) is 30.1 Å². The number of nitrogens with zero attached hydrogens (tertiary/aromatic N) is 5. The SMILES string of the molecule is CCOC(=O)C1CCCN(C(=O)c2cc(-c3ccccc3OC)cc(-n3cnnn3)c2)C1. The first kappa shape index (κ1) is 21.5. The predicted octanol–water partition coefficient (Wildman–Crippen LogP) is 2.75. The van der Waals surface area contributed by atoms with Gasteiger partial charge in [0, 0.05) is 24.2 Å². The van der Waals surface area contributed by atoms with Gasteiger partial charge in [0.15, 0.2) is 0 Å². The lowest BCUT2D eigenvalue weighted by molar-refractivity contribution is -0.149. The van der Waals surface area contributed by atoms with Crippen LogP contribution in [0.2, 0.25) is 0 Å². The maximum atomic E-state index is 13.5. The molecule has 32 heavy (non-hydrogen) atoms. The molecule has 1 saturated heterocycles. The molecule has 1 aliphatic heterocycles. The van der Waals surface area contributed by atoms with Crippen LogP contribution in [-0.2, 0) is 9.53 Å². The lowest BCUT2D eigenvalue weighted by atomic mass is 9.96. The zero-order valence-electron chi connectivity index (χ0n) is 18.1. The van der Waals surface area contributed by atoms with Gasteiger partial charge < -0.3 is 14.4 Å². The molecule has 1 aliphatic rings. The Bertz CT molecular complexity index is 1100. The quantitative estimate of drug-likeness (QED) is 0.549. The normalized spacial score (nSPS) is 15.9. The van der Waals surface area contributed by atoms with Crippen molar-refractivity contribution in [2.45, 2.75) is 19.8 Å². The van der Waals surface area contributed by atoms with Crippen LogP contribution in [0.25, 0.3) is 16.8 Å². The summed E-state index contributed by atoms with van der Waals surface area (Å²) in [6.45, 7) is 3.05. The molecular weight excluding hydrogens is 410 g/mol. The minimum absolute atomic E-state index is 0.148. The van der Waals surface area contributed by atoms with E-state index >= 15 is 0 Å². The number of likely N-dealkylation sites (tertiary alicyclic amines) is 1. The molecule has 0 aliphatic carbocycles. The second kappa shape index (κ2) is 9.59. The number of rotatable bonds is 6. The Labute approximate surface area is 185 Å². The highest BCUT2D eigenvalue weighted by molar-refractivity contribution is 5.97. The van der Waals surface area contributed by atoms with Crippen molar-refractivity contribution in [3.05, 3.63) is 54.4 Å². The largest absolute Gasteiger partial charge is 0.496 e. The number of esters is 1. The van der Waals surface area contributed by atoms with Crippen molar-refractivity contribution in [2.24, 2.45) is 5.92 Å². The molecule has 2 heterocycles.